The lowest BCUT2D eigenvalue weighted by Gasteiger charge is -2.08. The van der Waals surface area contributed by atoms with E-state index in [9.17, 15) is 0 Å². The number of rotatable bonds is 5. The van der Waals surface area contributed by atoms with Gasteiger partial charge in [-0.2, -0.15) is 4.98 Å². The summed E-state index contributed by atoms with van der Waals surface area (Å²) in [6.07, 6.45) is 7.74. The van der Waals surface area contributed by atoms with Gasteiger partial charge in [-0.1, -0.05) is 29.8 Å². The molecular formula is C21H20N6. The Kier molecular flexibility index (Phi) is 3.81. The standard InChI is InChI=1S/C21H20N6/c1-14-2-4-15(5-3-14)12-23-21-24-13-18-20(26-21)27(17-6-7-17)19(25-18)16-8-10-22-11-9-16/h2-5,8-11,13,17H,6-7,12H2,1H3,(H,23,24,26). The van der Waals surface area contributed by atoms with Crippen molar-refractivity contribution in [2.45, 2.75) is 32.4 Å². The molecule has 134 valence electrons. The summed E-state index contributed by atoms with van der Waals surface area (Å²) < 4.78 is 2.25. The number of hydrogen-bond acceptors (Lipinski definition) is 5. The lowest BCUT2D eigenvalue weighted by atomic mass is 10.1. The smallest absolute Gasteiger partial charge is 0.225 e. The summed E-state index contributed by atoms with van der Waals surface area (Å²) in [5, 5.41) is 3.33. The first-order chi connectivity index (χ1) is 13.3. The minimum absolute atomic E-state index is 0.470. The van der Waals surface area contributed by atoms with Crippen LogP contribution >= 0.6 is 0 Å². The predicted octanol–water partition coefficient (Wildman–Crippen LogP) is 4.14. The molecule has 0 aliphatic heterocycles. The molecule has 1 fully saturated rings. The third-order valence-electron chi connectivity index (χ3n) is 4.85. The van der Waals surface area contributed by atoms with Crippen LogP contribution in [0.2, 0.25) is 0 Å². The molecule has 0 spiro atoms. The van der Waals surface area contributed by atoms with Crippen LogP contribution in [0.4, 0.5) is 5.95 Å². The number of imidazole rings is 1. The molecule has 0 radical (unpaired) electrons. The molecular weight excluding hydrogens is 336 g/mol. The lowest BCUT2D eigenvalue weighted by molar-refractivity contribution is 0.765. The molecule has 5 rings (SSSR count). The molecule has 27 heavy (non-hydrogen) atoms. The maximum absolute atomic E-state index is 4.80. The fraction of sp³-hybridized carbons (Fsp3) is 0.238. The normalized spacial score (nSPS) is 13.8. The Balaban J connectivity index is 1.49. The maximum Gasteiger partial charge on any atom is 0.225 e. The van der Waals surface area contributed by atoms with E-state index in [4.69, 9.17) is 9.97 Å². The van der Waals surface area contributed by atoms with E-state index in [0.29, 0.717) is 18.5 Å². The van der Waals surface area contributed by atoms with Gasteiger partial charge in [0.15, 0.2) is 5.65 Å². The zero-order chi connectivity index (χ0) is 18.2. The Morgan fingerprint density at radius 3 is 2.56 bits per heavy atom. The van der Waals surface area contributed by atoms with Gasteiger partial charge in [-0.05, 0) is 37.5 Å². The highest BCUT2D eigenvalue weighted by Crippen LogP contribution is 2.40. The third-order valence-corrected chi connectivity index (χ3v) is 4.85. The Morgan fingerprint density at radius 2 is 1.81 bits per heavy atom. The number of nitrogens with zero attached hydrogens (tertiary/aromatic N) is 5. The van der Waals surface area contributed by atoms with Crippen LogP contribution in [0.3, 0.4) is 0 Å². The molecule has 4 aromatic rings. The summed E-state index contributed by atoms with van der Waals surface area (Å²) in [5.41, 5.74) is 5.25. The van der Waals surface area contributed by atoms with Gasteiger partial charge in [0.05, 0.1) is 6.20 Å². The first-order valence-electron chi connectivity index (χ1n) is 9.23. The van der Waals surface area contributed by atoms with Crippen LogP contribution in [-0.2, 0) is 6.54 Å². The molecule has 0 amide bonds. The van der Waals surface area contributed by atoms with Gasteiger partial charge >= 0.3 is 0 Å². The number of aryl methyl sites for hydroxylation is 1. The Morgan fingerprint density at radius 1 is 1.04 bits per heavy atom. The van der Waals surface area contributed by atoms with Crippen LogP contribution in [0, 0.1) is 6.92 Å². The van der Waals surface area contributed by atoms with Crippen LogP contribution in [-0.4, -0.2) is 24.5 Å². The van der Waals surface area contributed by atoms with Crippen LogP contribution in [0.5, 0.6) is 0 Å². The summed E-state index contributed by atoms with van der Waals surface area (Å²) in [6.45, 7) is 2.79. The minimum Gasteiger partial charge on any atom is -0.350 e. The Bertz CT molecular complexity index is 1080. The van der Waals surface area contributed by atoms with E-state index in [1.165, 1.54) is 24.0 Å². The van der Waals surface area contributed by atoms with E-state index >= 15 is 0 Å². The molecule has 1 saturated carbocycles. The van der Waals surface area contributed by atoms with Gasteiger partial charge < -0.3 is 9.88 Å². The molecule has 6 heteroatoms. The summed E-state index contributed by atoms with van der Waals surface area (Å²) in [5.74, 6) is 1.58. The zero-order valence-corrected chi connectivity index (χ0v) is 15.1. The van der Waals surface area contributed by atoms with Crippen molar-refractivity contribution in [3.63, 3.8) is 0 Å². The quantitative estimate of drug-likeness (QED) is 0.582. The maximum atomic E-state index is 4.80. The molecule has 0 saturated heterocycles. The van der Waals surface area contributed by atoms with Crippen molar-refractivity contribution in [2.24, 2.45) is 0 Å². The number of benzene rings is 1. The molecule has 0 atom stereocenters. The Labute approximate surface area is 157 Å². The number of fused-ring (bicyclic) bond motifs is 1. The van der Waals surface area contributed by atoms with Gasteiger partial charge in [0.25, 0.3) is 0 Å². The molecule has 6 nitrogen and oxygen atoms in total. The number of hydrogen-bond donors (Lipinski definition) is 1. The molecule has 1 N–H and O–H groups in total. The highest BCUT2D eigenvalue weighted by Gasteiger charge is 2.29. The van der Waals surface area contributed by atoms with E-state index in [2.05, 4.69) is 51.0 Å². The molecule has 1 aliphatic carbocycles. The summed E-state index contributed by atoms with van der Waals surface area (Å²) >= 11 is 0. The average molecular weight is 356 g/mol. The van der Waals surface area contributed by atoms with Crippen LogP contribution in [0.1, 0.15) is 30.0 Å². The van der Waals surface area contributed by atoms with Crippen molar-refractivity contribution in [3.05, 3.63) is 66.1 Å². The van der Waals surface area contributed by atoms with Crippen molar-refractivity contribution in [1.82, 2.24) is 24.5 Å². The van der Waals surface area contributed by atoms with Gasteiger partial charge in [0.2, 0.25) is 5.95 Å². The van der Waals surface area contributed by atoms with Crippen molar-refractivity contribution < 1.29 is 0 Å². The topological polar surface area (TPSA) is 68.5 Å². The van der Waals surface area contributed by atoms with E-state index in [1.54, 1.807) is 12.4 Å². The number of nitrogens with one attached hydrogen (secondary N) is 1. The monoisotopic (exact) mass is 356 g/mol. The predicted molar refractivity (Wildman–Crippen MR) is 105 cm³/mol. The lowest BCUT2D eigenvalue weighted by Crippen LogP contribution is -2.05. The fourth-order valence-electron chi connectivity index (χ4n) is 3.25. The SMILES string of the molecule is Cc1ccc(CNc2ncc3nc(-c4ccncc4)n(C4CC4)c3n2)cc1. The number of aromatic nitrogens is 5. The van der Waals surface area contributed by atoms with Gasteiger partial charge in [0, 0.05) is 30.5 Å². The second-order valence-corrected chi connectivity index (χ2v) is 7.01. The highest BCUT2D eigenvalue weighted by atomic mass is 15.2. The zero-order valence-electron chi connectivity index (χ0n) is 15.1. The fourth-order valence-corrected chi connectivity index (χ4v) is 3.25. The van der Waals surface area contributed by atoms with Gasteiger partial charge in [-0.25, -0.2) is 9.97 Å². The summed E-state index contributed by atoms with van der Waals surface area (Å²) in [4.78, 5) is 18.1. The second kappa shape index (κ2) is 6.46. The van der Waals surface area contributed by atoms with Gasteiger partial charge in [0.1, 0.15) is 11.3 Å². The van der Waals surface area contributed by atoms with Crippen molar-refractivity contribution in [1.29, 1.82) is 0 Å². The molecule has 0 bridgehead atoms. The van der Waals surface area contributed by atoms with Crippen molar-refractivity contribution in [2.75, 3.05) is 5.32 Å². The average Bonchev–Trinajstić information content (AvgIpc) is 3.48. The number of pyridine rings is 1. The summed E-state index contributed by atoms with van der Waals surface area (Å²) in [7, 11) is 0. The van der Waals surface area contributed by atoms with Crippen molar-refractivity contribution >= 4 is 17.1 Å². The molecule has 1 aliphatic rings. The van der Waals surface area contributed by atoms with Gasteiger partial charge in [-0.3, -0.25) is 4.98 Å². The second-order valence-electron chi connectivity index (χ2n) is 7.01. The Hall–Kier alpha value is -3.28. The molecule has 3 heterocycles. The first-order valence-corrected chi connectivity index (χ1v) is 9.23. The molecule has 3 aromatic heterocycles. The van der Waals surface area contributed by atoms with Crippen molar-refractivity contribution in [3.8, 4) is 11.4 Å². The van der Waals surface area contributed by atoms with E-state index in [0.717, 1.165) is 22.6 Å². The summed E-state index contributed by atoms with van der Waals surface area (Å²) in [6, 6.07) is 12.9. The largest absolute Gasteiger partial charge is 0.350 e. The van der Waals surface area contributed by atoms with Crippen LogP contribution < -0.4 is 5.32 Å². The molecule has 0 unspecified atom stereocenters. The van der Waals surface area contributed by atoms with Gasteiger partial charge in [-0.15, -0.1) is 0 Å². The minimum atomic E-state index is 0.470. The van der Waals surface area contributed by atoms with E-state index in [1.807, 2.05) is 18.3 Å². The molecule has 1 aromatic carbocycles. The first kappa shape index (κ1) is 15.9. The number of anilines is 1. The van der Waals surface area contributed by atoms with E-state index < -0.39 is 0 Å². The van der Waals surface area contributed by atoms with E-state index in [-0.39, 0.29) is 0 Å². The van der Waals surface area contributed by atoms with Crippen LogP contribution in [0.15, 0.2) is 55.0 Å². The highest BCUT2D eigenvalue weighted by molar-refractivity contribution is 5.77. The van der Waals surface area contributed by atoms with Crippen LogP contribution in [0.25, 0.3) is 22.6 Å². The third kappa shape index (κ3) is 3.14.